The summed E-state index contributed by atoms with van der Waals surface area (Å²) in [6.07, 6.45) is 1.79. The van der Waals surface area contributed by atoms with Gasteiger partial charge >= 0.3 is 6.03 Å². The molecule has 1 aliphatic heterocycles. The summed E-state index contributed by atoms with van der Waals surface area (Å²) in [6, 6.07) is 5.33. The number of aryl methyl sites for hydroxylation is 1. The number of likely N-dealkylation sites (tertiary alicyclic amines) is 1. The first kappa shape index (κ1) is 19.3. The van der Waals surface area contributed by atoms with Crippen molar-refractivity contribution in [3.8, 4) is 0 Å². The number of rotatable bonds is 4. The van der Waals surface area contributed by atoms with Crippen molar-refractivity contribution >= 4 is 33.6 Å². The van der Waals surface area contributed by atoms with Crippen molar-refractivity contribution in [3.63, 3.8) is 0 Å². The average Bonchev–Trinajstić information content (AvgIpc) is 2.98. The van der Waals surface area contributed by atoms with Gasteiger partial charge in [-0.2, -0.15) is 5.10 Å². The van der Waals surface area contributed by atoms with Gasteiger partial charge in [0.15, 0.2) is 5.69 Å². The molecule has 1 aromatic carbocycles. The van der Waals surface area contributed by atoms with E-state index in [0.29, 0.717) is 35.5 Å². The zero-order valence-corrected chi connectivity index (χ0v) is 16.5. The predicted molar refractivity (Wildman–Crippen MR) is 103 cm³/mol. The van der Waals surface area contributed by atoms with E-state index in [9.17, 15) is 14.0 Å². The summed E-state index contributed by atoms with van der Waals surface area (Å²) in [5.41, 5.74) is 1.58. The number of amides is 3. The Labute approximate surface area is 164 Å². The highest BCUT2D eigenvalue weighted by Crippen LogP contribution is 2.23. The zero-order valence-electron chi connectivity index (χ0n) is 14.9. The molecule has 1 atom stereocenters. The van der Waals surface area contributed by atoms with Crippen molar-refractivity contribution in [2.75, 3.05) is 25.0 Å². The number of nitrogens with one attached hydrogen (secondary N) is 3. The fourth-order valence-electron chi connectivity index (χ4n) is 3.10. The Morgan fingerprint density at radius 1 is 1.44 bits per heavy atom. The average molecular weight is 438 g/mol. The molecule has 27 heavy (non-hydrogen) atoms. The highest BCUT2D eigenvalue weighted by Gasteiger charge is 2.27. The standard InChI is InChI=1S/C18H21BrFN5O2/c1-11-15(19)16(24-23-11)17(26)25-7-3-4-12(10-25)9-21-18(27)22-14-6-2-5-13(20)8-14/h2,5-6,8,12H,3-4,7,9-10H2,1H3,(H,23,24)(H2,21,22,27). The number of piperidine rings is 1. The van der Waals surface area contributed by atoms with Crippen LogP contribution in [0.3, 0.4) is 0 Å². The first-order chi connectivity index (χ1) is 12.9. The van der Waals surface area contributed by atoms with Crippen molar-refractivity contribution in [2.45, 2.75) is 19.8 Å². The van der Waals surface area contributed by atoms with E-state index < -0.39 is 11.8 Å². The largest absolute Gasteiger partial charge is 0.338 e. The molecule has 0 aliphatic carbocycles. The van der Waals surface area contributed by atoms with Gasteiger partial charge in [0.1, 0.15) is 5.82 Å². The first-order valence-electron chi connectivity index (χ1n) is 8.74. The summed E-state index contributed by atoms with van der Waals surface area (Å²) >= 11 is 3.39. The topological polar surface area (TPSA) is 90.1 Å². The quantitative estimate of drug-likeness (QED) is 0.685. The molecule has 1 aliphatic rings. The van der Waals surface area contributed by atoms with Crippen LogP contribution in [0.4, 0.5) is 14.9 Å². The van der Waals surface area contributed by atoms with Gasteiger partial charge in [0.25, 0.3) is 5.91 Å². The van der Waals surface area contributed by atoms with Crippen molar-refractivity contribution in [1.29, 1.82) is 0 Å². The van der Waals surface area contributed by atoms with Gasteiger partial charge in [0.2, 0.25) is 0 Å². The lowest BCUT2D eigenvalue weighted by atomic mass is 9.97. The molecule has 0 spiro atoms. The number of halogens is 2. The van der Waals surface area contributed by atoms with Crippen LogP contribution in [-0.2, 0) is 0 Å². The number of carbonyl (C=O) groups is 2. The molecule has 1 fully saturated rings. The van der Waals surface area contributed by atoms with E-state index in [4.69, 9.17) is 0 Å². The van der Waals surface area contributed by atoms with Crippen LogP contribution in [0.25, 0.3) is 0 Å². The van der Waals surface area contributed by atoms with Crippen LogP contribution in [0.5, 0.6) is 0 Å². The summed E-state index contributed by atoms with van der Waals surface area (Å²) in [5.74, 6) is -0.381. The van der Waals surface area contributed by atoms with E-state index in [1.807, 2.05) is 6.92 Å². The molecule has 1 aromatic heterocycles. The van der Waals surface area contributed by atoms with E-state index in [-0.39, 0.29) is 11.8 Å². The second kappa shape index (κ2) is 8.51. The first-order valence-corrected chi connectivity index (χ1v) is 9.53. The van der Waals surface area contributed by atoms with Crippen molar-refractivity contribution < 1.29 is 14.0 Å². The molecule has 3 amide bonds. The Morgan fingerprint density at radius 2 is 2.26 bits per heavy atom. The number of carbonyl (C=O) groups excluding carboxylic acids is 2. The monoisotopic (exact) mass is 437 g/mol. The Morgan fingerprint density at radius 3 is 2.96 bits per heavy atom. The van der Waals surface area contributed by atoms with Gasteiger partial charge < -0.3 is 15.5 Å². The molecule has 1 unspecified atom stereocenters. The van der Waals surface area contributed by atoms with Crippen LogP contribution in [0.15, 0.2) is 28.7 Å². The third-order valence-electron chi connectivity index (χ3n) is 4.52. The molecular formula is C18H21BrFN5O2. The molecule has 9 heteroatoms. The number of nitrogens with zero attached hydrogens (tertiary/aromatic N) is 2. The number of H-pyrrole nitrogens is 1. The number of urea groups is 1. The molecule has 0 radical (unpaired) electrons. The maximum absolute atomic E-state index is 13.2. The van der Waals surface area contributed by atoms with E-state index in [1.54, 1.807) is 11.0 Å². The number of anilines is 1. The van der Waals surface area contributed by atoms with E-state index in [1.165, 1.54) is 18.2 Å². The molecule has 7 nitrogen and oxygen atoms in total. The maximum atomic E-state index is 13.2. The van der Waals surface area contributed by atoms with Gasteiger partial charge in [-0.15, -0.1) is 0 Å². The van der Waals surface area contributed by atoms with Gasteiger partial charge in [0, 0.05) is 31.0 Å². The lowest BCUT2D eigenvalue weighted by Gasteiger charge is -2.32. The summed E-state index contributed by atoms with van der Waals surface area (Å²) in [7, 11) is 0. The number of hydrogen-bond acceptors (Lipinski definition) is 3. The number of aromatic amines is 1. The van der Waals surface area contributed by atoms with Gasteiger partial charge in [-0.3, -0.25) is 9.89 Å². The lowest BCUT2D eigenvalue weighted by molar-refractivity contribution is 0.0668. The number of hydrogen-bond donors (Lipinski definition) is 3. The van der Waals surface area contributed by atoms with Crippen molar-refractivity contribution in [3.05, 3.63) is 45.9 Å². The van der Waals surface area contributed by atoms with Crippen LogP contribution in [0, 0.1) is 18.7 Å². The normalized spacial score (nSPS) is 16.9. The predicted octanol–water partition coefficient (Wildman–Crippen LogP) is 3.29. The highest BCUT2D eigenvalue weighted by atomic mass is 79.9. The highest BCUT2D eigenvalue weighted by molar-refractivity contribution is 9.10. The van der Waals surface area contributed by atoms with Gasteiger partial charge in [-0.25, -0.2) is 9.18 Å². The fraction of sp³-hybridized carbons (Fsp3) is 0.389. The summed E-state index contributed by atoms with van der Waals surface area (Å²) in [6.45, 7) is 3.50. The molecule has 0 bridgehead atoms. The second-order valence-electron chi connectivity index (χ2n) is 6.62. The van der Waals surface area contributed by atoms with E-state index >= 15 is 0 Å². The lowest BCUT2D eigenvalue weighted by Crippen LogP contribution is -2.44. The molecule has 2 aromatic rings. The van der Waals surface area contributed by atoms with Crippen LogP contribution in [0.2, 0.25) is 0 Å². The second-order valence-corrected chi connectivity index (χ2v) is 7.41. The summed E-state index contributed by atoms with van der Waals surface area (Å²) in [5, 5.41) is 12.3. The molecule has 3 rings (SSSR count). The van der Waals surface area contributed by atoms with Crippen molar-refractivity contribution in [2.24, 2.45) is 5.92 Å². The van der Waals surface area contributed by atoms with Gasteiger partial charge in [0.05, 0.1) is 4.47 Å². The number of aromatic nitrogens is 2. The third-order valence-corrected chi connectivity index (χ3v) is 5.49. The molecular weight excluding hydrogens is 417 g/mol. The fourth-order valence-corrected chi connectivity index (χ4v) is 3.45. The van der Waals surface area contributed by atoms with Gasteiger partial charge in [-0.05, 0) is 59.8 Å². The SMILES string of the molecule is Cc1[nH]nc(C(=O)N2CCCC(CNC(=O)Nc3cccc(F)c3)C2)c1Br. The van der Waals surface area contributed by atoms with Crippen LogP contribution in [0.1, 0.15) is 29.0 Å². The van der Waals surface area contributed by atoms with Crippen LogP contribution in [-0.4, -0.2) is 46.7 Å². The van der Waals surface area contributed by atoms with E-state index in [2.05, 4.69) is 36.8 Å². The summed E-state index contributed by atoms with van der Waals surface area (Å²) in [4.78, 5) is 26.4. The Hall–Kier alpha value is -2.42. The minimum Gasteiger partial charge on any atom is -0.338 e. The third kappa shape index (κ3) is 4.85. The molecule has 0 saturated carbocycles. The van der Waals surface area contributed by atoms with Crippen LogP contribution >= 0.6 is 15.9 Å². The minimum absolute atomic E-state index is 0.125. The van der Waals surface area contributed by atoms with E-state index in [0.717, 1.165) is 18.5 Å². The molecule has 144 valence electrons. The Balaban J connectivity index is 1.51. The minimum atomic E-state index is -0.408. The smallest absolute Gasteiger partial charge is 0.319 e. The van der Waals surface area contributed by atoms with Crippen LogP contribution < -0.4 is 10.6 Å². The number of benzene rings is 1. The zero-order chi connectivity index (χ0) is 19.4. The summed E-state index contributed by atoms with van der Waals surface area (Å²) < 4.78 is 13.8. The maximum Gasteiger partial charge on any atom is 0.319 e. The van der Waals surface area contributed by atoms with Crippen molar-refractivity contribution in [1.82, 2.24) is 20.4 Å². The van der Waals surface area contributed by atoms with Gasteiger partial charge in [-0.1, -0.05) is 6.07 Å². The molecule has 1 saturated heterocycles. The molecule has 3 N–H and O–H groups in total. The Bertz CT molecular complexity index is 841. The molecule has 2 heterocycles. The Kier molecular flexibility index (Phi) is 6.10.